The van der Waals surface area contributed by atoms with E-state index in [0.717, 1.165) is 17.0 Å². The molecule has 0 saturated carbocycles. The molecule has 39 heavy (non-hydrogen) atoms. The average Bonchev–Trinajstić information content (AvgIpc) is 3.38. The summed E-state index contributed by atoms with van der Waals surface area (Å²) in [5.74, 6) is 2.05. The van der Waals surface area contributed by atoms with Crippen LogP contribution in [0.5, 0.6) is 5.75 Å². The van der Waals surface area contributed by atoms with Crippen molar-refractivity contribution in [3.8, 4) is 34.4 Å². The minimum atomic E-state index is -0.997. The van der Waals surface area contributed by atoms with Crippen molar-refractivity contribution in [2.45, 2.75) is 30.2 Å². The van der Waals surface area contributed by atoms with Crippen molar-refractivity contribution in [3.63, 3.8) is 0 Å². The lowest BCUT2D eigenvalue weighted by atomic mass is 10.00. The van der Waals surface area contributed by atoms with Crippen LogP contribution in [-0.2, 0) is 12.2 Å². The number of aryl methyl sites for hydroxylation is 1. The Morgan fingerprint density at radius 2 is 1.87 bits per heavy atom. The van der Waals surface area contributed by atoms with Crippen LogP contribution in [0.1, 0.15) is 23.9 Å². The van der Waals surface area contributed by atoms with Gasteiger partial charge in [-0.05, 0) is 42.0 Å². The van der Waals surface area contributed by atoms with Gasteiger partial charge in [0.25, 0.3) is 0 Å². The van der Waals surface area contributed by atoms with Crippen LogP contribution in [0.4, 0.5) is 11.5 Å². The van der Waals surface area contributed by atoms with E-state index in [9.17, 15) is 10.4 Å². The van der Waals surface area contributed by atoms with Crippen LogP contribution in [-0.4, -0.2) is 39.5 Å². The van der Waals surface area contributed by atoms with Crippen LogP contribution in [0, 0.1) is 17.9 Å². The van der Waals surface area contributed by atoms with Crippen molar-refractivity contribution < 1.29 is 19.4 Å². The minimum Gasteiger partial charge on any atom is -0.491 e. The van der Waals surface area contributed by atoms with E-state index in [4.69, 9.17) is 38.2 Å². The summed E-state index contributed by atoms with van der Waals surface area (Å²) in [6.45, 7) is 9.15. The zero-order valence-corrected chi connectivity index (χ0v) is 22.5. The first kappa shape index (κ1) is 28.0. The molecular formula is C28H24ClN5O4S. The number of nitriles is 1. The summed E-state index contributed by atoms with van der Waals surface area (Å²) >= 11 is 7.29. The number of nitrogens with two attached hydrogens (primary N) is 1. The van der Waals surface area contributed by atoms with Crippen molar-refractivity contribution in [2.75, 3.05) is 18.9 Å². The lowest BCUT2D eigenvalue weighted by Gasteiger charge is -2.14. The van der Waals surface area contributed by atoms with E-state index in [1.807, 2.05) is 19.1 Å². The Hall–Kier alpha value is -4.06. The van der Waals surface area contributed by atoms with Gasteiger partial charge in [-0.1, -0.05) is 42.4 Å². The molecule has 0 amide bonds. The molecule has 4 N–H and O–H groups in total. The lowest BCUT2D eigenvalue weighted by Crippen LogP contribution is -2.21. The maximum atomic E-state index is 10.1. The molecule has 4 rings (SSSR count). The fourth-order valence-corrected chi connectivity index (χ4v) is 4.84. The van der Waals surface area contributed by atoms with Gasteiger partial charge in [-0.2, -0.15) is 5.26 Å². The molecule has 0 aliphatic carbocycles. The Balaban J connectivity index is 1.65. The molecule has 1 atom stereocenters. The van der Waals surface area contributed by atoms with Gasteiger partial charge >= 0.3 is 0 Å². The average molecular weight is 562 g/mol. The number of rotatable bonds is 10. The van der Waals surface area contributed by atoms with Crippen LogP contribution in [0.2, 0.25) is 5.02 Å². The number of ether oxygens (including phenoxy) is 1. The monoisotopic (exact) mass is 561 g/mol. The molecule has 9 nitrogen and oxygen atoms in total. The Kier molecular flexibility index (Phi) is 9.07. The van der Waals surface area contributed by atoms with Gasteiger partial charge < -0.3 is 25.1 Å². The SMILES string of the molecule is [C-]#[N+]c1c(N)nc(SCc2nc(-c3ccc(Cl)cc3)oc2CC)c(C#N)c1-c1ccc(OC[C@H](O)CO)cc1. The number of aromatic nitrogens is 2. The molecule has 0 spiro atoms. The second-order valence-electron chi connectivity index (χ2n) is 8.33. The molecule has 11 heteroatoms. The molecule has 0 saturated heterocycles. The third-order valence-corrected chi connectivity index (χ3v) is 6.96. The molecule has 2 heterocycles. The maximum absolute atomic E-state index is 10.1. The van der Waals surface area contributed by atoms with Crippen molar-refractivity contribution in [1.82, 2.24) is 9.97 Å². The molecule has 198 valence electrons. The summed E-state index contributed by atoms with van der Waals surface area (Å²) in [6.07, 6.45) is -0.369. The van der Waals surface area contributed by atoms with Gasteiger partial charge in [0, 0.05) is 28.3 Å². The van der Waals surface area contributed by atoms with Crippen molar-refractivity contribution in [3.05, 3.63) is 82.0 Å². The molecule has 0 fully saturated rings. The highest BCUT2D eigenvalue weighted by atomic mass is 35.5. The Labute approximate surface area is 234 Å². The highest BCUT2D eigenvalue weighted by molar-refractivity contribution is 7.98. The van der Waals surface area contributed by atoms with Gasteiger partial charge in [-0.15, -0.1) is 0 Å². The first-order valence-corrected chi connectivity index (χ1v) is 13.2. The number of pyridine rings is 1. The summed E-state index contributed by atoms with van der Waals surface area (Å²) in [4.78, 5) is 12.6. The third-order valence-electron chi connectivity index (χ3n) is 5.72. The summed E-state index contributed by atoms with van der Waals surface area (Å²) in [7, 11) is 0. The maximum Gasteiger partial charge on any atom is 0.236 e. The van der Waals surface area contributed by atoms with Gasteiger partial charge in [0.05, 0.1) is 24.4 Å². The quantitative estimate of drug-likeness (QED) is 0.165. The second-order valence-corrected chi connectivity index (χ2v) is 9.73. The summed E-state index contributed by atoms with van der Waals surface area (Å²) in [5.41, 5.74) is 8.96. The second kappa shape index (κ2) is 12.7. The number of anilines is 1. The molecule has 0 radical (unpaired) electrons. The van der Waals surface area contributed by atoms with Gasteiger partial charge in [0.2, 0.25) is 11.6 Å². The number of aliphatic hydroxyl groups excluding tert-OH is 2. The van der Waals surface area contributed by atoms with E-state index >= 15 is 0 Å². The minimum absolute atomic E-state index is 0.0191. The predicted octanol–water partition coefficient (Wildman–Crippen LogP) is 5.65. The van der Waals surface area contributed by atoms with Gasteiger partial charge in [0.15, 0.2) is 0 Å². The third kappa shape index (κ3) is 6.33. The number of nitrogens with zero attached hydrogens (tertiary/aromatic N) is 4. The van der Waals surface area contributed by atoms with Crippen molar-refractivity contribution >= 4 is 34.9 Å². The Morgan fingerprint density at radius 1 is 1.18 bits per heavy atom. The molecule has 0 bridgehead atoms. The molecule has 2 aromatic carbocycles. The molecule has 4 aromatic rings. The fraction of sp³-hybridized carbons (Fsp3) is 0.214. The van der Waals surface area contributed by atoms with E-state index in [1.54, 1.807) is 36.4 Å². The number of hydrogen-bond donors (Lipinski definition) is 3. The largest absolute Gasteiger partial charge is 0.491 e. The zero-order valence-electron chi connectivity index (χ0n) is 20.9. The van der Waals surface area contributed by atoms with Gasteiger partial charge in [0.1, 0.15) is 41.1 Å². The van der Waals surface area contributed by atoms with Gasteiger partial charge in [-0.25, -0.2) is 14.8 Å². The van der Waals surface area contributed by atoms with E-state index < -0.39 is 12.7 Å². The van der Waals surface area contributed by atoms with Crippen LogP contribution >= 0.6 is 23.4 Å². The highest BCUT2D eigenvalue weighted by Crippen LogP contribution is 2.42. The van der Waals surface area contributed by atoms with E-state index in [2.05, 4.69) is 20.9 Å². The number of oxazole rings is 1. The number of hydrogen-bond acceptors (Lipinski definition) is 9. The zero-order chi connectivity index (χ0) is 27.9. The number of halogens is 1. The normalized spacial score (nSPS) is 11.5. The molecule has 2 aromatic heterocycles. The van der Waals surface area contributed by atoms with Gasteiger partial charge in [-0.3, -0.25) is 0 Å². The molecular weight excluding hydrogens is 538 g/mol. The van der Waals surface area contributed by atoms with E-state index in [0.29, 0.717) is 45.0 Å². The first-order valence-electron chi connectivity index (χ1n) is 11.9. The fourth-order valence-electron chi connectivity index (χ4n) is 3.76. The van der Waals surface area contributed by atoms with Crippen LogP contribution in [0.15, 0.2) is 58.0 Å². The lowest BCUT2D eigenvalue weighted by molar-refractivity contribution is 0.0536. The molecule has 0 unspecified atom stereocenters. The smallest absolute Gasteiger partial charge is 0.236 e. The topological polar surface area (TPSA) is 143 Å². The number of aliphatic hydroxyl groups is 2. The summed E-state index contributed by atoms with van der Waals surface area (Å²) in [5, 5.41) is 29.6. The Bertz CT molecular complexity index is 1540. The standard InChI is InChI=1S/C28H24ClN5O4S/c1-3-23-22(33-27(38-23)17-4-8-18(29)9-5-17)15-39-28-21(12-30)24(25(32-2)26(31)34-28)16-6-10-20(11-7-16)37-14-19(36)13-35/h4-11,19,35-36H,3,13-15H2,1H3,(H2,31,34)/t19-/m1/s1. The molecule has 0 aliphatic heterocycles. The Morgan fingerprint density at radius 3 is 2.49 bits per heavy atom. The number of nitrogen functional groups attached to an aromatic ring is 1. The summed E-state index contributed by atoms with van der Waals surface area (Å²) in [6, 6.07) is 16.1. The summed E-state index contributed by atoms with van der Waals surface area (Å²) < 4.78 is 11.4. The van der Waals surface area contributed by atoms with Crippen LogP contribution < -0.4 is 10.5 Å². The predicted molar refractivity (Wildman–Crippen MR) is 150 cm³/mol. The van der Waals surface area contributed by atoms with Crippen molar-refractivity contribution in [2.24, 2.45) is 0 Å². The van der Waals surface area contributed by atoms with Crippen molar-refractivity contribution in [1.29, 1.82) is 5.26 Å². The van der Waals surface area contributed by atoms with E-state index in [1.165, 1.54) is 11.8 Å². The molecule has 0 aliphatic rings. The highest BCUT2D eigenvalue weighted by Gasteiger charge is 2.22. The van der Waals surface area contributed by atoms with Crippen LogP contribution in [0.25, 0.3) is 27.4 Å². The number of benzene rings is 2. The number of thioether (sulfide) groups is 1. The first-order chi connectivity index (χ1) is 18.9. The van der Waals surface area contributed by atoms with E-state index in [-0.39, 0.29) is 23.7 Å². The van der Waals surface area contributed by atoms with Crippen LogP contribution in [0.3, 0.4) is 0 Å².